The summed E-state index contributed by atoms with van der Waals surface area (Å²) < 4.78 is 0. The maximum absolute atomic E-state index is 12.3. The molecule has 1 aliphatic rings. The maximum Gasteiger partial charge on any atom is 0.221 e. The van der Waals surface area contributed by atoms with Crippen LogP contribution in [0.15, 0.2) is 12.1 Å². The summed E-state index contributed by atoms with van der Waals surface area (Å²) in [6.45, 7) is 5.63. The third-order valence-corrected chi connectivity index (χ3v) is 3.90. The highest BCUT2D eigenvalue weighted by molar-refractivity contribution is 6.03. The minimum atomic E-state index is -0.0742. The van der Waals surface area contributed by atoms with Crippen molar-refractivity contribution in [3.63, 3.8) is 0 Å². The summed E-state index contributed by atoms with van der Waals surface area (Å²) in [6.07, 6.45) is 4.02. The van der Waals surface area contributed by atoms with Gasteiger partial charge in [0.1, 0.15) is 0 Å². The molecule has 0 fully saturated rings. The van der Waals surface area contributed by atoms with Crippen molar-refractivity contribution < 1.29 is 9.59 Å². The minimum Gasteiger partial charge on any atom is -0.326 e. The normalized spacial score (nSPS) is 17.4. The highest BCUT2D eigenvalue weighted by Gasteiger charge is 2.31. The number of unbranched alkanes of at least 4 members (excludes halogenated alkanes) is 1. The molecule has 1 aromatic rings. The van der Waals surface area contributed by atoms with Crippen LogP contribution in [0.4, 0.5) is 5.69 Å². The van der Waals surface area contributed by atoms with Gasteiger partial charge in [0.15, 0.2) is 5.78 Å². The predicted molar refractivity (Wildman–Crippen MR) is 76.5 cm³/mol. The van der Waals surface area contributed by atoms with Gasteiger partial charge in [-0.2, -0.15) is 0 Å². The van der Waals surface area contributed by atoms with E-state index in [1.54, 1.807) is 0 Å². The highest BCUT2D eigenvalue weighted by atomic mass is 16.1. The van der Waals surface area contributed by atoms with E-state index < -0.39 is 0 Å². The summed E-state index contributed by atoms with van der Waals surface area (Å²) in [4.78, 5) is 23.5. The molecule has 0 aromatic heterocycles. The van der Waals surface area contributed by atoms with E-state index in [-0.39, 0.29) is 17.6 Å². The first-order valence-corrected chi connectivity index (χ1v) is 6.98. The number of rotatable bonds is 4. The fourth-order valence-corrected chi connectivity index (χ4v) is 2.82. The molecule has 0 saturated heterocycles. The Kier molecular flexibility index (Phi) is 4.03. The summed E-state index contributed by atoms with van der Waals surface area (Å²) in [7, 11) is 0. The Bertz CT molecular complexity index is 520. The van der Waals surface area contributed by atoms with Crippen LogP contribution in [0.25, 0.3) is 0 Å². The Morgan fingerprint density at radius 2 is 2.16 bits per heavy atom. The van der Waals surface area contributed by atoms with Gasteiger partial charge in [0.25, 0.3) is 0 Å². The summed E-state index contributed by atoms with van der Waals surface area (Å²) in [5.41, 5.74) is 3.85. The zero-order valence-corrected chi connectivity index (χ0v) is 11.9. The van der Waals surface area contributed by atoms with Gasteiger partial charge in [-0.15, -0.1) is 0 Å². The molecule has 3 nitrogen and oxygen atoms in total. The molecular weight excluding hydrogens is 238 g/mol. The van der Waals surface area contributed by atoms with Crippen molar-refractivity contribution in [2.75, 3.05) is 5.32 Å². The molecule has 1 atom stereocenters. The van der Waals surface area contributed by atoms with Gasteiger partial charge < -0.3 is 5.32 Å². The Morgan fingerprint density at radius 1 is 1.42 bits per heavy atom. The van der Waals surface area contributed by atoms with Crippen LogP contribution in [0.1, 0.15) is 54.6 Å². The quantitative estimate of drug-likeness (QED) is 0.899. The molecule has 3 heteroatoms. The second-order valence-electron chi connectivity index (χ2n) is 5.35. The molecule has 19 heavy (non-hydrogen) atoms. The molecule has 2 rings (SSSR count). The number of hydrogen-bond acceptors (Lipinski definition) is 2. The summed E-state index contributed by atoms with van der Waals surface area (Å²) in [5, 5.41) is 2.83. The van der Waals surface area contributed by atoms with Gasteiger partial charge >= 0.3 is 0 Å². The van der Waals surface area contributed by atoms with E-state index in [2.05, 4.69) is 12.2 Å². The number of anilines is 1. The number of fused-ring (bicyclic) bond motifs is 1. The topological polar surface area (TPSA) is 46.2 Å². The van der Waals surface area contributed by atoms with E-state index >= 15 is 0 Å². The lowest BCUT2D eigenvalue weighted by atomic mass is 9.98. The molecular formula is C16H21NO2. The monoisotopic (exact) mass is 259 g/mol. The van der Waals surface area contributed by atoms with Crippen LogP contribution in [-0.4, -0.2) is 11.7 Å². The number of ketones is 1. The van der Waals surface area contributed by atoms with Gasteiger partial charge in [0.2, 0.25) is 5.91 Å². The lowest BCUT2D eigenvalue weighted by Crippen LogP contribution is -2.08. The van der Waals surface area contributed by atoms with E-state index in [1.165, 1.54) is 6.92 Å². The van der Waals surface area contributed by atoms with Gasteiger partial charge in [-0.3, -0.25) is 9.59 Å². The molecule has 1 aliphatic carbocycles. The van der Waals surface area contributed by atoms with E-state index in [1.807, 2.05) is 19.1 Å². The molecule has 0 heterocycles. The molecule has 1 amide bonds. The number of amides is 1. The molecule has 0 radical (unpaired) electrons. The van der Waals surface area contributed by atoms with E-state index in [0.717, 1.165) is 48.1 Å². The first-order chi connectivity index (χ1) is 9.04. The van der Waals surface area contributed by atoms with Crippen molar-refractivity contribution in [1.82, 2.24) is 0 Å². The fourth-order valence-electron chi connectivity index (χ4n) is 2.82. The Morgan fingerprint density at radius 3 is 2.79 bits per heavy atom. The van der Waals surface area contributed by atoms with Gasteiger partial charge in [-0.25, -0.2) is 0 Å². The Labute approximate surface area is 114 Å². The zero-order valence-electron chi connectivity index (χ0n) is 11.9. The summed E-state index contributed by atoms with van der Waals surface area (Å²) in [5.74, 6) is 0.344. The van der Waals surface area contributed by atoms with Crippen LogP contribution in [0.2, 0.25) is 0 Å². The smallest absolute Gasteiger partial charge is 0.221 e. The van der Waals surface area contributed by atoms with Crippen LogP contribution in [0, 0.1) is 12.8 Å². The van der Waals surface area contributed by atoms with Crippen molar-refractivity contribution in [2.24, 2.45) is 5.92 Å². The number of carbonyl (C=O) groups excluding carboxylic acids is 2. The molecule has 1 unspecified atom stereocenters. The maximum atomic E-state index is 12.3. The predicted octanol–water partition coefficient (Wildman–Crippen LogP) is 3.50. The Hall–Kier alpha value is -1.64. The average molecular weight is 259 g/mol. The second kappa shape index (κ2) is 5.55. The molecule has 0 spiro atoms. The zero-order chi connectivity index (χ0) is 14.0. The first kappa shape index (κ1) is 13.8. The molecule has 102 valence electrons. The van der Waals surface area contributed by atoms with Crippen molar-refractivity contribution in [2.45, 2.75) is 46.5 Å². The number of nitrogens with one attached hydrogen (secondary N) is 1. The number of Topliss-reactive ketones (excluding diaryl/α,β-unsaturated/α-hetero) is 1. The molecule has 0 aliphatic heterocycles. The minimum absolute atomic E-state index is 0.0742. The molecule has 0 saturated carbocycles. The van der Waals surface area contributed by atoms with Crippen molar-refractivity contribution in [3.05, 3.63) is 28.8 Å². The van der Waals surface area contributed by atoms with E-state index in [4.69, 9.17) is 0 Å². The van der Waals surface area contributed by atoms with Gasteiger partial charge in [-0.1, -0.05) is 19.8 Å². The van der Waals surface area contributed by atoms with Gasteiger partial charge in [-0.05, 0) is 43.0 Å². The molecule has 1 aromatic carbocycles. The van der Waals surface area contributed by atoms with Crippen molar-refractivity contribution in [1.29, 1.82) is 0 Å². The van der Waals surface area contributed by atoms with Crippen molar-refractivity contribution in [3.8, 4) is 0 Å². The second-order valence-corrected chi connectivity index (χ2v) is 5.35. The lowest BCUT2D eigenvalue weighted by Gasteiger charge is -2.10. The SMILES string of the molecule is CCCCC1Cc2c(ccc(NC(C)=O)c2C)C1=O. The van der Waals surface area contributed by atoms with Crippen molar-refractivity contribution >= 4 is 17.4 Å². The third kappa shape index (κ3) is 2.70. The lowest BCUT2D eigenvalue weighted by molar-refractivity contribution is -0.114. The van der Waals surface area contributed by atoms with Crippen LogP contribution in [0.5, 0.6) is 0 Å². The number of hydrogen-bond donors (Lipinski definition) is 1. The van der Waals surface area contributed by atoms with Crippen LogP contribution in [0.3, 0.4) is 0 Å². The van der Waals surface area contributed by atoms with Crippen LogP contribution >= 0.6 is 0 Å². The summed E-state index contributed by atoms with van der Waals surface area (Å²) >= 11 is 0. The van der Waals surface area contributed by atoms with Crippen LogP contribution in [-0.2, 0) is 11.2 Å². The highest BCUT2D eigenvalue weighted by Crippen LogP contribution is 2.35. The van der Waals surface area contributed by atoms with Gasteiger partial charge in [0, 0.05) is 24.1 Å². The van der Waals surface area contributed by atoms with E-state index in [9.17, 15) is 9.59 Å². The molecule has 1 N–H and O–H groups in total. The summed E-state index contributed by atoms with van der Waals surface area (Å²) in [6, 6.07) is 3.71. The Balaban J connectivity index is 2.27. The van der Waals surface area contributed by atoms with E-state index in [0.29, 0.717) is 0 Å². The third-order valence-electron chi connectivity index (χ3n) is 3.90. The largest absolute Gasteiger partial charge is 0.326 e. The van der Waals surface area contributed by atoms with Gasteiger partial charge in [0.05, 0.1) is 0 Å². The first-order valence-electron chi connectivity index (χ1n) is 6.98. The fraction of sp³-hybridized carbons (Fsp3) is 0.500. The standard InChI is InChI=1S/C16H21NO2/c1-4-5-6-12-9-14-10(2)15(17-11(3)18)8-7-13(14)16(12)19/h7-8,12H,4-6,9H2,1-3H3,(H,17,18). The van der Waals surface area contributed by atoms with Crippen LogP contribution < -0.4 is 5.32 Å². The number of benzene rings is 1. The average Bonchev–Trinajstić information content (AvgIpc) is 2.68. The number of carbonyl (C=O) groups is 2. The molecule has 0 bridgehead atoms.